The molecule has 1 aliphatic rings. The molecule has 3 nitrogen and oxygen atoms in total. The van der Waals surface area contributed by atoms with Crippen molar-refractivity contribution in [3.63, 3.8) is 0 Å². The van der Waals surface area contributed by atoms with Crippen molar-refractivity contribution in [1.29, 1.82) is 0 Å². The van der Waals surface area contributed by atoms with E-state index in [1.54, 1.807) is 0 Å². The maximum absolute atomic E-state index is 10.4. The molecule has 0 bridgehead atoms. The van der Waals surface area contributed by atoms with Gasteiger partial charge in [0.15, 0.2) is 0 Å². The number of hydrogen-bond acceptors (Lipinski definition) is 2. The van der Waals surface area contributed by atoms with Gasteiger partial charge in [0.25, 0.3) is 0 Å². The zero-order valence-electron chi connectivity index (χ0n) is 15.1. The topological polar surface area (TPSA) is 48.4 Å². The monoisotopic (exact) mass is 386 g/mol. The minimum atomic E-state index is -0.477. The molecule has 2 atom stereocenters. The third-order valence-corrected chi connectivity index (χ3v) is 5.72. The summed E-state index contributed by atoms with van der Waals surface area (Å²) in [7, 11) is 0. The molecule has 0 amide bonds. The summed E-state index contributed by atoms with van der Waals surface area (Å²) in [5.74, 6) is 0. The number of hydrogen-bond donors (Lipinski definition) is 2. The van der Waals surface area contributed by atoms with Gasteiger partial charge in [0.05, 0.1) is 11.6 Å². The number of H-pyrrole nitrogens is 1. The first kappa shape index (κ1) is 17.2. The zero-order valence-corrected chi connectivity index (χ0v) is 15.9. The number of aromatic amines is 1. The van der Waals surface area contributed by atoms with Crippen LogP contribution in [-0.4, -0.2) is 22.4 Å². The molecule has 4 aromatic rings. The highest BCUT2D eigenvalue weighted by atomic mass is 35.5. The highest BCUT2D eigenvalue weighted by molar-refractivity contribution is 6.33. The lowest BCUT2D eigenvalue weighted by atomic mass is 10.1. The SMILES string of the molecule is O[C@H]1Cc2ccccc2[C@H]1N=Cc1cccc2cc(-c3ccccc3Cl)[nH]c12. The van der Waals surface area contributed by atoms with E-state index in [1.807, 2.05) is 54.7 Å². The van der Waals surface area contributed by atoms with Gasteiger partial charge in [-0.15, -0.1) is 0 Å². The molecule has 2 N–H and O–H groups in total. The Balaban J connectivity index is 1.53. The quantitative estimate of drug-likeness (QED) is 0.444. The fourth-order valence-electron chi connectivity index (χ4n) is 4.01. The van der Waals surface area contributed by atoms with Crippen molar-refractivity contribution in [2.75, 3.05) is 0 Å². The minimum absolute atomic E-state index is 0.218. The van der Waals surface area contributed by atoms with Gasteiger partial charge in [-0.2, -0.15) is 0 Å². The Labute approximate surface area is 168 Å². The predicted octanol–water partition coefficient (Wildman–Crippen LogP) is 5.57. The lowest BCUT2D eigenvalue weighted by Crippen LogP contribution is -2.11. The Morgan fingerprint density at radius 2 is 1.82 bits per heavy atom. The van der Waals surface area contributed by atoms with Crippen LogP contribution in [0, 0.1) is 0 Å². The van der Waals surface area contributed by atoms with Crippen molar-refractivity contribution in [3.05, 3.63) is 94.5 Å². The standard InChI is InChI=1S/C24H19ClN2O/c25-20-11-4-3-10-19(20)21-12-16-7-5-8-17(23(16)27-21)14-26-24-18-9-2-1-6-15(18)13-22(24)28/h1-12,14,22,24,27-28H,13H2/t22-,24+/m0/s1. The summed E-state index contributed by atoms with van der Waals surface area (Å²) in [5, 5.41) is 12.3. The Kier molecular flexibility index (Phi) is 4.27. The first-order valence-corrected chi connectivity index (χ1v) is 9.74. The Morgan fingerprint density at radius 1 is 1.00 bits per heavy atom. The second-order valence-electron chi connectivity index (χ2n) is 7.17. The summed E-state index contributed by atoms with van der Waals surface area (Å²) < 4.78 is 0. The van der Waals surface area contributed by atoms with Crippen molar-refractivity contribution < 1.29 is 5.11 Å². The highest BCUT2D eigenvalue weighted by Crippen LogP contribution is 2.35. The van der Waals surface area contributed by atoms with E-state index in [1.165, 1.54) is 5.56 Å². The van der Waals surface area contributed by atoms with Gasteiger partial charge in [-0.3, -0.25) is 4.99 Å². The number of aliphatic hydroxyl groups is 1. The molecule has 1 aromatic heterocycles. The Morgan fingerprint density at radius 3 is 2.71 bits per heavy atom. The maximum Gasteiger partial charge on any atom is 0.101 e. The molecule has 0 radical (unpaired) electrons. The number of nitrogens with zero attached hydrogens (tertiary/aromatic N) is 1. The number of aliphatic hydroxyl groups excluding tert-OH is 1. The van der Waals surface area contributed by atoms with Crippen LogP contribution in [0.25, 0.3) is 22.2 Å². The van der Waals surface area contributed by atoms with Gasteiger partial charge >= 0.3 is 0 Å². The molecule has 0 fully saturated rings. The lowest BCUT2D eigenvalue weighted by molar-refractivity contribution is 0.159. The third-order valence-electron chi connectivity index (χ3n) is 5.39. The Bertz CT molecular complexity index is 1190. The molecule has 4 heteroatoms. The first-order valence-electron chi connectivity index (χ1n) is 9.36. The number of fused-ring (bicyclic) bond motifs is 2. The van der Waals surface area contributed by atoms with E-state index >= 15 is 0 Å². The van der Waals surface area contributed by atoms with Crippen molar-refractivity contribution in [1.82, 2.24) is 4.98 Å². The van der Waals surface area contributed by atoms with Gasteiger partial charge in [0, 0.05) is 39.9 Å². The van der Waals surface area contributed by atoms with Crippen molar-refractivity contribution in [2.24, 2.45) is 4.99 Å². The van der Waals surface area contributed by atoms with Crippen LogP contribution in [0.2, 0.25) is 5.02 Å². The molecule has 0 unspecified atom stereocenters. The van der Waals surface area contributed by atoms with Crippen LogP contribution in [-0.2, 0) is 6.42 Å². The fraction of sp³-hybridized carbons (Fsp3) is 0.125. The maximum atomic E-state index is 10.4. The van der Waals surface area contributed by atoms with Crippen LogP contribution in [0.5, 0.6) is 0 Å². The molecule has 138 valence electrons. The molecule has 3 aromatic carbocycles. The largest absolute Gasteiger partial charge is 0.390 e. The van der Waals surface area contributed by atoms with Gasteiger partial charge < -0.3 is 10.1 Å². The number of halogens is 1. The molecule has 0 saturated heterocycles. The van der Waals surface area contributed by atoms with Crippen LogP contribution in [0.3, 0.4) is 0 Å². The number of aliphatic imine (C=N–C) groups is 1. The molecule has 5 rings (SSSR count). The number of nitrogens with one attached hydrogen (secondary N) is 1. The molecule has 28 heavy (non-hydrogen) atoms. The van der Waals surface area contributed by atoms with E-state index in [2.05, 4.69) is 29.2 Å². The van der Waals surface area contributed by atoms with E-state index in [9.17, 15) is 5.11 Å². The fourth-order valence-corrected chi connectivity index (χ4v) is 4.24. The van der Waals surface area contributed by atoms with E-state index in [4.69, 9.17) is 16.6 Å². The molecule has 0 aliphatic heterocycles. The van der Waals surface area contributed by atoms with Crippen LogP contribution in [0.4, 0.5) is 0 Å². The zero-order chi connectivity index (χ0) is 19.1. The van der Waals surface area contributed by atoms with Gasteiger partial charge in [-0.25, -0.2) is 0 Å². The van der Waals surface area contributed by atoms with Gasteiger partial charge in [0.2, 0.25) is 0 Å². The Hall–Kier alpha value is -2.88. The smallest absolute Gasteiger partial charge is 0.101 e. The summed E-state index contributed by atoms with van der Waals surface area (Å²) in [6, 6.07) is 23.9. The molecule has 0 saturated carbocycles. The van der Waals surface area contributed by atoms with E-state index in [-0.39, 0.29) is 6.04 Å². The molecular formula is C24H19ClN2O. The lowest BCUT2D eigenvalue weighted by Gasteiger charge is -2.10. The van der Waals surface area contributed by atoms with E-state index in [0.717, 1.165) is 38.3 Å². The molecule has 1 heterocycles. The van der Waals surface area contributed by atoms with Crippen molar-refractivity contribution in [2.45, 2.75) is 18.6 Å². The van der Waals surface area contributed by atoms with E-state index < -0.39 is 6.10 Å². The second kappa shape index (κ2) is 6.93. The van der Waals surface area contributed by atoms with Gasteiger partial charge in [0.1, 0.15) is 6.04 Å². The van der Waals surface area contributed by atoms with Crippen LogP contribution >= 0.6 is 11.6 Å². The number of benzene rings is 3. The second-order valence-corrected chi connectivity index (χ2v) is 7.57. The number of aromatic nitrogens is 1. The molecular weight excluding hydrogens is 368 g/mol. The summed E-state index contributed by atoms with van der Waals surface area (Å²) in [6.07, 6.45) is 2.04. The predicted molar refractivity (Wildman–Crippen MR) is 115 cm³/mol. The molecule has 0 spiro atoms. The van der Waals surface area contributed by atoms with Crippen LogP contribution < -0.4 is 0 Å². The van der Waals surface area contributed by atoms with E-state index in [0.29, 0.717) is 6.42 Å². The third kappa shape index (κ3) is 2.93. The molecule has 1 aliphatic carbocycles. The summed E-state index contributed by atoms with van der Waals surface area (Å²) in [5.41, 5.74) is 6.25. The van der Waals surface area contributed by atoms with Crippen LogP contribution in [0.1, 0.15) is 22.7 Å². The summed E-state index contributed by atoms with van der Waals surface area (Å²) in [6.45, 7) is 0. The normalized spacial score (nSPS) is 18.8. The first-order chi connectivity index (χ1) is 13.7. The average Bonchev–Trinajstić information content (AvgIpc) is 3.27. The van der Waals surface area contributed by atoms with Crippen molar-refractivity contribution >= 4 is 28.7 Å². The number of rotatable bonds is 3. The van der Waals surface area contributed by atoms with Crippen molar-refractivity contribution in [3.8, 4) is 11.3 Å². The summed E-state index contributed by atoms with van der Waals surface area (Å²) in [4.78, 5) is 8.23. The minimum Gasteiger partial charge on any atom is -0.390 e. The highest BCUT2D eigenvalue weighted by Gasteiger charge is 2.29. The van der Waals surface area contributed by atoms with Gasteiger partial charge in [-0.1, -0.05) is 72.3 Å². The number of para-hydroxylation sites is 1. The summed E-state index contributed by atoms with van der Waals surface area (Å²) >= 11 is 6.36. The van der Waals surface area contributed by atoms with Crippen LogP contribution in [0.15, 0.2) is 77.8 Å². The van der Waals surface area contributed by atoms with Gasteiger partial charge in [-0.05, 0) is 23.3 Å². The average molecular weight is 387 g/mol.